The van der Waals surface area contributed by atoms with E-state index in [9.17, 15) is 4.79 Å². The number of aryl methyl sites for hydroxylation is 2. The van der Waals surface area contributed by atoms with Crippen LogP contribution in [0.4, 0.5) is 4.79 Å². The molecule has 0 aliphatic carbocycles. The number of hydrogen-bond acceptors (Lipinski definition) is 7. The minimum absolute atomic E-state index is 0.260. The molecular formula is C27H34N8O2. The molecule has 0 saturated carbocycles. The van der Waals surface area contributed by atoms with Crippen molar-refractivity contribution in [3.63, 3.8) is 0 Å². The summed E-state index contributed by atoms with van der Waals surface area (Å²) in [5.41, 5.74) is 7.76. The highest BCUT2D eigenvalue weighted by molar-refractivity contribution is 5.68. The van der Waals surface area contributed by atoms with Crippen LogP contribution in [-0.4, -0.2) is 58.8 Å². The van der Waals surface area contributed by atoms with Crippen LogP contribution in [0.5, 0.6) is 0 Å². The summed E-state index contributed by atoms with van der Waals surface area (Å²) in [6.45, 7) is 10.2. The topological polar surface area (TPSA) is 117 Å². The van der Waals surface area contributed by atoms with Crippen molar-refractivity contribution < 1.29 is 9.53 Å². The SMILES string of the molecule is Cc1nc(-c2ccccc2)nn1CCN(C(=O)OC(C)(C)C)C(N)Cn1nc(-c2ccccc2)nc1C. The highest BCUT2D eigenvalue weighted by atomic mass is 16.6. The number of carbonyl (C=O) groups is 1. The molecule has 2 aromatic carbocycles. The van der Waals surface area contributed by atoms with Gasteiger partial charge in [0, 0.05) is 17.7 Å². The molecule has 37 heavy (non-hydrogen) atoms. The fourth-order valence-corrected chi connectivity index (χ4v) is 3.84. The molecule has 4 aromatic rings. The first kappa shape index (κ1) is 26.0. The monoisotopic (exact) mass is 502 g/mol. The molecule has 0 aliphatic heterocycles. The normalized spacial score (nSPS) is 12.4. The zero-order valence-electron chi connectivity index (χ0n) is 22.0. The zero-order chi connectivity index (χ0) is 26.6. The molecule has 1 atom stereocenters. The number of ether oxygens (including phenoxy) is 1. The second-order valence-electron chi connectivity index (χ2n) is 9.84. The molecule has 0 aliphatic rings. The molecule has 0 fully saturated rings. The van der Waals surface area contributed by atoms with E-state index in [-0.39, 0.29) is 13.1 Å². The van der Waals surface area contributed by atoms with Crippen LogP contribution in [0.2, 0.25) is 0 Å². The Balaban J connectivity index is 1.52. The van der Waals surface area contributed by atoms with Gasteiger partial charge >= 0.3 is 6.09 Å². The van der Waals surface area contributed by atoms with E-state index in [1.807, 2.05) is 95.3 Å². The first-order valence-corrected chi connectivity index (χ1v) is 12.3. The summed E-state index contributed by atoms with van der Waals surface area (Å²) in [5.74, 6) is 2.70. The lowest BCUT2D eigenvalue weighted by Crippen LogP contribution is -2.51. The Hall–Kier alpha value is -4.05. The van der Waals surface area contributed by atoms with Gasteiger partial charge in [-0.05, 0) is 34.6 Å². The molecule has 0 spiro atoms. The number of hydrogen-bond donors (Lipinski definition) is 1. The summed E-state index contributed by atoms with van der Waals surface area (Å²) >= 11 is 0. The Morgan fingerprint density at radius 1 is 0.892 bits per heavy atom. The standard InChI is InChI=1S/C27H34N8O2/c1-19-29-24(21-12-8-6-9-13-21)31-34(19)17-16-33(26(36)37-27(3,4)5)23(28)18-35-20(2)30-25(32-35)22-14-10-7-11-15-22/h6-15,23H,16-18,28H2,1-5H3. The highest BCUT2D eigenvalue weighted by Crippen LogP contribution is 2.18. The van der Waals surface area contributed by atoms with Crippen molar-refractivity contribution in [3.05, 3.63) is 72.3 Å². The van der Waals surface area contributed by atoms with Crippen molar-refractivity contribution in [2.75, 3.05) is 6.54 Å². The summed E-state index contributed by atoms with van der Waals surface area (Å²) in [6.07, 6.45) is -1.20. The van der Waals surface area contributed by atoms with Crippen molar-refractivity contribution in [2.24, 2.45) is 5.73 Å². The first-order valence-electron chi connectivity index (χ1n) is 12.3. The van der Waals surface area contributed by atoms with E-state index in [1.165, 1.54) is 4.90 Å². The molecular weight excluding hydrogens is 468 g/mol. The van der Waals surface area contributed by atoms with E-state index in [2.05, 4.69) is 20.2 Å². The predicted molar refractivity (Wildman–Crippen MR) is 141 cm³/mol. The van der Waals surface area contributed by atoms with Crippen molar-refractivity contribution in [1.82, 2.24) is 34.4 Å². The Labute approximate surface area is 217 Å². The largest absolute Gasteiger partial charge is 0.444 e. The van der Waals surface area contributed by atoms with Crippen LogP contribution in [0.3, 0.4) is 0 Å². The Morgan fingerprint density at radius 3 is 1.89 bits per heavy atom. The Bertz CT molecular complexity index is 1330. The maximum absolute atomic E-state index is 13.2. The van der Waals surface area contributed by atoms with Crippen LogP contribution in [0.1, 0.15) is 32.4 Å². The summed E-state index contributed by atoms with van der Waals surface area (Å²) in [7, 11) is 0. The van der Waals surface area contributed by atoms with E-state index < -0.39 is 17.9 Å². The van der Waals surface area contributed by atoms with E-state index in [4.69, 9.17) is 10.5 Å². The maximum Gasteiger partial charge on any atom is 0.411 e. The van der Waals surface area contributed by atoms with Crippen LogP contribution >= 0.6 is 0 Å². The Morgan fingerprint density at radius 2 is 1.38 bits per heavy atom. The highest BCUT2D eigenvalue weighted by Gasteiger charge is 2.28. The third-order valence-corrected chi connectivity index (χ3v) is 5.72. The van der Waals surface area contributed by atoms with E-state index in [1.54, 1.807) is 9.36 Å². The van der Waals surface area contributed by atoms with Gasteiger partial charge in [0.05, 0.1) is 13.1 Å². The summed E-state index contributed by atoms with van der Waals surface area (Å²) in [6, 6.07) is 19.5. The summed E-state index contributed by atoms with van der Waals surface area (Å²) < 4.78 is 9.17. The van der Waals surface area contributed by atoms with Crippen molar-refractivity contribution >= 4 is 6.09 Å². The van der Waals surface area contributed by atoms with Crippen LogP contribution in [0.25, 0.3) is 22.8 Å². The smallest absolute Gasteiger partial charge is 0.411 e. The fourth-order valence-electron chi connectivity index (χ4n) is 3.84. The third-order valence-electron chi connectivity index (χ3n) is 5.72. The molecule has 2 heterocycles. The molecule has 10 nitrogen and oxygen atoms in total. The van der Waals surface area contributed by atoms with Gasteiger partial charge in [-0.2, -0.15) is 10.2 Å². The van der Waals surface area contributed by atoms with Crippen molar-refractivity contribution in [1.29, 1.82) is 0 Å². The third kappa shape index (κ3) is 6.59. The summed E-state index contributed by atoms with van der Waals surface area (Å²) in [4.78, 5) is 23.8. The number of rotatable bonds is 8. The average molecular weight is 503 g/mol. The van der Waals surface area contributed by atoms with Crippen LogP contribution in [0, 0.1) is 13.8 Å². The lowest BCUT2D eigenvalue weighted by Gasteiger charge is -2.31. The molecule has 1 amide bonds. The number of carbonyl (C=O) groups excluding carboxylic acids is 1. The molecule has 4 rings (SSSR count). The summed E-state index contributed by atoms with van der Waals surface area (Å²) in [5, 5.41) is 9.26. The number of amides is 1. The van der Waals surface area contributed by atoms with E-state index >= 15 is 0 Å². The van der Waals surface area contributed by atoms with E-state index in [0.717, 1.165) is 17.0 Å². The lowest BCUT2D eigenvalue weighted by molar-refractivity contribution is 0.0134. The van der Waals surface area contributed by atoms with Crippen LogP contribution < -0.4 is 5.73 Å². The maximum atomic E-state index is 13.2. The van der Waals surface area contributed by atoms with Gasteiger partial charge in [-0.1, -0.05) is 60.7 Å². The van der Waals surface area contributed by atoms with Gasteiger partial charge in [-0.25, -0.2) is 24.1 Å². The predicted octanol–water partition coefficient (Wildman–Crippen LogP) is 4.04. The fraction of sp³-hybridized carbons (Fsp3) is 0.370. The van der Waals surface area contributed by atoms with Crippen LogP contribution in [0.15, 0.2) is 60.7 Å². The van der Waals surface area contributed by atoms with Gasteiger partial charge in [0.15, 0.2) is 11.6 Å². The first-order chi connectivity index (χ1) is 17.6. The van der Waals surface area contributed by atoms with Crippen molar-refractivity contribution in [2.45, 2.75) is 59.5 Å². The quantitative estimate of drug-likeness (QED) is 0.361. The number of benzene rings is 2. The number of nitrogens with two attached hydrogens (primary N) is 1. The molecule has 2 aromatic heterocycles. The van der Waals surface area contributed by atoms with Crippen molar-refractivity contribution in [3.8, 4) is 22.8 Å². The van der Waals surface area contributed by atoms with E-state index in [0.29, 0.717) is 24.0 Å². The molecule has 194 valence electrons. The van der Waals surface area contributed by atoms with Gasteiger partial charge in [-0.3, -0.25) is 4.90 Å². The molecule has 1 unspecified atom stereocenters. The zero-order valence-corrected chi connectivity index (χ0v) is 22.0. The molecule has 2 N–H and O–H groups in total. The lowest BCUT2D eigenvalue weighted by atomic mass is 10.2. The second-order valence-corrected chi connectivity index (χ2v) is 9.84. The number of nitrogens with zero attached hydrogens (tertiary/aromatic N) is 7. The van der Waals surface area contributed by atoms with Gasteiger partial charge < -0.3 is 10.5 Å². The molecule has 10 heteroatoms. The second kappa shape index (κ2) is 10.9. The minimum Gasteiger partial charge on any atom is -0.444 e. The molecule has 0 saturated heterocycles. The van der Waals surface area contributed by atoms with Gasteiger partial charge in [0.1, 0.15) is 23.4 Å². The van der Waals surface area contributed by atoms with Gasteiger partial charge in [0.2, 0.25) is 0 Å². The molecule has 0 bridgehead atoms. The average Bonchev–Trinajstić information content (AvgIpc) is 3.41. The Kier molecular flexibility index (Phi) is 7.68. The van der Waals surface area contributed by atoms with Crippen LogP contribution in [-0.2, 0) is 17.8 Å². The number of aromatic nitrogens is 6. The van der Waals surface area contributed by atoms with Gasteiger partial charge in [-0.15, -0.1) is 0 Å². The van der Waals surface area contributed by atoms with Gasteiger partial charge in [0.25, 0.3) is 0 Å². The molecule has 0 radical (unpaired) electrons. The minimum atomic E-state index is -0.698.